The summed E-state index contributed by atoms with van der Waals surface area (Å²) in [6.07, 6.45) is 0. The fourth-order valence-electron chi connectivity index (χ4n) is 3.46. The van der Waals surface area contributed by atoms with Crippen LogP contribution in [0.2, 0.25) is 0 Å². The third kappa shape index (κ3) is 5.78. The molecule has 4 aromatic carbocycles. The predicted octanol–water partition coefficient (Wildman–Crippen LogP) is 5.47. The topological polar surface area (TPSA) is 71.5 Å². The first-order valence-corrected chi connectivity index (χ1v) is 16.6. The maximum absolute atomic E-state index is 13.0. The van der Waals surface area contributed by atoms with Crippen LogP contribution in [0.1, 0.15) is 0 Å². The molecule has 0 radical (unpaired) electrons. The van der Waals surface area contributed by atoms with E-state index in [4.69, 9.17) is 0 Å². The van der Waals surface area contributed by atoms with Crippen molar-refractivity contribution in [1.29, 1.82) is 0 Å². The Morgan fingerprint density at radius 1 is 0.618 bits per heavy atom. The zero-order chi connectivity index (χ0) is 24.3. The molecule has 0 fully saturated rings. The normalized spacial score (nSPS) is 12.7. The Hall–Kier alpha value is -2.04. The number of nitrogens with zero attached hydrogens (tertiary/aromatic N) is 1. The highest BCUT2D eigenvalue weighted by molar-refractivity contribution is 8.72. The lowest BCUT2D eigenvalue weighted by Gasteiger charge is -2.23. The fourth-order valence-corrected chi connectivity index (χ4v) is 9.86. The molecule has 34 heavy (non-hydrogen) atoms. The van der Waals surface area contributed by atoms with Gasteiger partial charge in [0.15, 0.2) is 0 Å². The lowest BCUT2D eigenvalue weighted by Crippen LogP contribution is -2.33. The molecular formula is C25H25NO4S4. The molecule has 0 unspecified atom stereocenters. The first-order valence-electron chi connectivity index (χ1n) is 10.6. The Balaban J connectivity index is 1.45. The molecule has 0 spiro atoms. The van der Waals surface area contributed by atoms with E-state index in [1.165, 1.54) is 0 Å². The van der Waals surface area contributed by atoms with Crippen LogP contribution in [0.25, 0.3) is 21.5 Å². The van der Waals surface area contributed by atoms with Gasteiger partial charge in [-0.05, 0) is 81.5 Å². The van der Waals surface area contributed by atoms with E-state index in [2.05, 4.69) is 0 Å². The second kappa shape index (κ2) is 10.3. The first-order chi connectivity index (χ1) is 16.2. The molecule has 5 nitrogen and oxygen atoms in total. The number of rotatable bonds is 9. The molecule has 0 aliphatic carbocycles. The SMILES string of the molecule is CN(C)C(CSS(=O)(=O)c1ccc2ccccc2c1)CSS(=O)(=O)c1ccc2ccccc2c1. The van der Waals surface area contributed by atoms with Crippen LogP contribution >= 0.6 is 21.6 Å². The molecule has 0 bridgehead atoms. The van der Waals surface area contributed by atoms with Gasteiger partial charge in [0, 0.05) is 17.5 Å². The van der Waals surface area contributed by atoms with E-state index in [0.717, 1.165) is 43.1 Å². The summed E-state index contributed by atoms with van der Waals surface area (Å²) in [5.74, 6) is 0.505. The van der Waals surface area contributed by atoms with E-state index in [1.807, 2.05) is 67.5 Å². The Morgan fingerprint density at radius 2 is 1.00 bits per heavy atom. The van der Waals surface area contributed by atoms with Crippen LogP contribution in [0.15, 0.2) is 94.7 Å². The van der Waals surface area contributed by atoms with Crippen molar-refractivity contribution in [2.75, 3.05) is 25.6 Å². The van der Waals surface area contributed by atoms with E-state index in [1.54, 1.807) is 36.4 Å². The lowest BCUT2D eigenvalue weighted by molar-refractivity contribution is 0.345. The Bertz CT molecular complexity index is 1420. The zero-order valence-electron chi connectivity index (χ0n) is 18.8. The molecule has 4 rings (SSSR count). The second-order valence-electron chi connectivity index (χ2n) is 8.11. The summed E-state index contributed by atoms with van der Waals surface area (Å²) in [5, 5.41) is 3.69. The Morgan fingerprint density at radius 3 is 1.38 bits per heavy atom. The zero-order valence-corrected chi connectivity index (χ0v) is 22.1. The van der Waals surface area contributed by atoms with Crippen LogP contribution in [0.4, 0.5) is 0 Å². The summed E-state index contributed by atoms with van der Waals surface area (Å²) >= 11 is 0. The molecule has 9 heteroatoms. The quantitative estimate of drug-likeness (QED) is 0.265. The highest BCUT2D eigenvalue weighted by Gasteiger charge is 2.24. The minimum absolute atomic E-state index is 0.250. The molecule has 0 N–H and O–H groups in total. The van der Waals surface area contributed by atoms with Gasteiger partial charge in [0.2, 0.25) is 17.7 Å². The first kappa shape index (κ1) is 25.1. The largest absolute Gasteiger partial charge is 0.305 e. The van der Waals surface area contributed by atoms with Gasteiger partial charge in [0.05, 0.1) is 9.79 Å². The van der Waals surface area contributed by atoms with Crippen LogP contribution in [-0.2, 0) is 17.7 Å². The highest BCUT2D eigenvalue weighted by atomic mass is 33.1. The van der Waals surface area contributed by atoms with Crippen LogP contribution in [0.3, 0.4) is 0 Å². The van der Waals surface area contributed by atoms with Gasteiger partial charge in [0.25, 0.3) is 0 Å². The smallest absolute Gasteiger partial charge is 0.230 e. The van der Waals surface area contributed by atoms with Crippen molar-refractivity contribution in [2.24, 2.45) is 0 Å². The molecule has 0 heterocycles. The van der Waals surface area contributed by atoms with Gasteiger partial charge in [-0.15, -0.1) is 0 Å². The summed E-state index contributed by atoms with van der Waals surface area (Å²) in [5.41, 5.74) is 0. The van der Waals surface area contributed by atoms with Crippen molar-refractivity contribution < 1.29 is 16.8 Å². The Kier molecular flexibility index (Phi) is 7.59. The van der Waals surface area contributed by atoms with Crippen molar-refractivity contribution in [2.45, 2.75) is 15.8 Å². The van der Waals surface area contributed by atoms with E-state index < -0.39 is 17.7 Å². The molecule has 0 saturated heterocycles. The van der Waals surface area contributed by atoms with Crippen molar-refractivity contribution in [3.05, 3.63) is 84.9 Å². The van der Waals surface area contributed by atoms with Crippen molar-refractivity contribution in [3.63, 3.8) is 0 Å². The number of hydrogen-bond acceptors (Lipinski definition) is 7. The third-order valence-corrected chi connectivity index (χ3v) is 12.7. The summed E-state index contributed by atoms with van der Waals surface area (Å²) in [4.78, 5) is 2.38. The van der Waals surface area contributed by atoms with Gasteiger partial charge in [0.1, 0.15) is 0 Å². The van der Waals surface area contributed by atoms with Gasteiger partial charge in [-0.2, -0.15) is 0 Å². The van der Waals surface area contributed by atoms with Crippen molar-refractivity contribution in [3.8, 4) is 0 Å². The second-order valence-corrected chi connectivity index (χ2v) is 16.1. The van der Waals surface area contributed by atoms with Crippen LogP contribution in [-0.4, -0.2) is 53.4 Å². The molecule has 0 atom stereocenters. The number of benzene rings is 4. The monoisotopic (exact) mass is 531 g/mol. The van der Waals surface area contributed by atoms with Crippen molar-refractivity contribution >= 4 is 60.9 Å². The Labute approximate surface area is 208 Å². The summed E-state index contributed by atoms with van der Waals surface area (Å²) in [7, 11) is -1.80. The standard InChI is InChI=1S/C25H25NO4S4/c1-26(2)23(17-31-33(27,28)24-13-11-19-7-3-5-9-21(19)15-24)18-32-34(29,30)25-14-12-20-8-4-6-10-22(20)16-25/h3-16,23H,17-18H2,1-2H3. The highest BCUT2D eigenvalue weighted by Crippen LogP contribution is 2.31. The lowest BCUT2D eigenvalue weighted by atomic mass is 10.1. The average molecular weight is 532 g/mol. The summed E-state index contributed by atoms with van der Waals surface area (Å²) in [6.45, 7) is 0. The molecule has 0 aromatic heterocycles. The maximum atomic E-state index is 13.0. The van der Waals surface area contributed by atoms with Gasteiger partial charge in [-0.1, -0.05) is 60.7 Å². The van der Waals surface area contributed by atoms with E-state index in [-0.39, 0.29) is 27.3 Å². The number of hydrogen-bond donors (Lipinski definition) is 0. The van der Waals surface area contributed by atoms with E-state index in [0.29, 0.717) is 0 Å². The molecular weight excluding hydrogens is 507 g/mol. The minimum Gasteiger partial charge on any atom is -0.305 e. The van der Waals surface area contributed by atoms with E-state index in [9.17, 15) is 16.8 Å². The van der Waals surface area contributed by atoms with Gasteiger partial charge >= 0.3 is 0 Å². The summed E-state index contributed by atoms with van der Waals surface area (Å²) in [6, 6.07) is 25.2. The predicted molar refractivity (Wildman–Crippen MR) is 145 cm³/mol. The fraction of sp³-hybridized carbons (Fsp3) is 0.200. The third-order valence-electron chi connectivity index (χ3n) is 5.58. The maximum Gasteiger partial charge on any atom is 0.230 e. The summed E-state index contributed by atoms with van der Waals surface area (Å²) < 4.78 is 51.9. The van der Waals surface area contributed by atoms with Crippen LogP contribution in [0, 0.1) is 0 Å². The van der Waals surface area contributed by atoms with Crippen LogP contribution < -0.4 is 0 Å². The van der Waals surface area contributed by atoms with Gasteiger partial charge < -0.3 is 4.90 Å². The molecule has 4 aromatic rings. The molecule has 0 aliphatic heterocycles. The van der Waals surface area contributed by atoms with E-state index >= 15 is 0 Å². The van der Waals surface area contributed by atoms with Crippen molar-refractivity contribution in [1.82, 2.24) is 4.90 Å². The number of fused-ring (bicyclic) bond motifs is 2. The molecule has 0 saturated carbocycles. The van der Waals surface area contributed by atoms with Gasteiger partial charge in [-0.25, -0.2) is 16.8 Å². The molecule has 0 amide bonds. The molecule has 178 valence electrons. The minimum atomic E-state index is -3.58. The average Bonchev–Trinajstić information content (AvgIpc) is 2.83. The van der Waals surface area contributed by atoms with Crippen LogP contribution in [0.5, 0.6) is 0 Å². The van der Waals surface area contributed by atoms with Gasteiger partial charge in [-0.3, -0.25) is 0 Å². The molecule has 0 aliphatic rings.